The van der Waals surface area contributed by atoms with Crippen molar-refractivity contribution in [2.24, 2.45) is 5.92 Å². The summed E-state index contributed by atoms with van der Waals surface area (Å²) in [5, 5.41) is 14.0. The first-order valence-corrected chi connectivity index (χ1v) is 6.89. The van der Waals surface area contributed by atoms with E-state index < -0.39 is 0 Å². The van der Waals surface area contributed by atoms with E-state index in [1.54, 1.807) is 12.1 Å². The third-order valence-electron chi connectivity index (χ3n) is 3.08. The maximum Gasteiger partial charge on any atom is 0.261 e. The average molecular weight is 292 g/mol. The molecule has 1 atom stereocenters. The van der Waals surface area contributed by atoms with Crippen molar-refractivity contribution in [3.05, 3.63) is 24.0 Å². The molecule has 1 heterocycles. The lowest BCUT2D eigenvalue weighted by molar-refractivity contribution is 0.0217. The minimum Gasteiger partial charge on any atom is -0.507 e. The van der Waals surface area contributed by atoms with E-state index in [1.165, 1.54) is 13.2 Å². The predicted molar refractivity (Wildman–Crippen MR) is 77.2 cm³/mol. The third kappa shape index (κ3) is 3.33. The number of aromatic nitrogens is 2. The van der Waals surface area contributed by atoms with Crippen molar-refractivity contribution >= 4 is 0 Å². The number of benzene rings is 1. The van der Waals surface area contributed by atoms with Gasteiger partial charge in [-0.15, -0.1) is 0 Å². The molecule has 0 radical (unpaired) electrons. The number of nitrogens with zero attached hydrogens (tertiary/aromatic N) is 2. The maximum atomic E-state index is 10.00. The monoisotopic (exact) mass is 292 g/mol. The summed E-state index contributed by atoms with van der Waals surface area (Å²) in [5.41, 5.74) is 0.466. The average Bonchev–Trinajstić information content (AvgIpc) is 2.93. The van der Waals surface area contributed by atoms with E-state index in [-0.39, 0.29) is 23.7 Å². The normalized spacial score (nSPS) is 12.6. The van der Waals surface area contributed by atoms with Crippen molar-refractivity contribution in [3.8, 4) is 23.0 Å². The van der Waals surface area contributed by atoms with Crippen LogP contribution in [0.15, 0.2) is 22.7 Å². The molecule has 1 aromatic carbocycles. The molecule has 1 aromatic heterocycles. The molecule has 0 saturated heterocycles. The fourth-order valence-electron chi connectivity index (χ4n) is 2.02. The Morgan fingerprint density at radius 1 is 1.33 bits per heavy atom. The molecule has 0 aliphatic rings. The molecule has 0 bridgehead atoms. The minimum absolute atomic E-state index is 0.0297. The van der Waals surface area contributed by atoms with Crippen LogP contribution in [0, 0.1) is 5.92 Å². The molecule has 0 fully saturated rings. The van der Waals surface area contributed by atoms with Gasteiger partial charge in [0, 0.05) is 12.7 Å². The summed E-state index contributed by atoms with van der Waals surface area (Å²) in [6.45, 7) is 6.55. The largest absolute Gasteiger partial charge is 0.507 e. The third-order valence-corrected chi connectivity index (χ3v) is 3.08. The second-order valence-electron chi connectivity index (χ2n) is 4.96. The predicted octanol–water partition coefficient (Wildman–Crippen LogP) is 3.18. The second-order valence-corrected chi connectivity index (χ2v) is 4.96. The number of phenolic OH excluding ortho intramolecular Hbond substituents is 1. The van der Waals surface area contributed by atoms with Crippen molar-refractivity contribution in [1.82, 2.24) is 10.1 Å². The van der Waals surface area contributed by atoms with Crippen molar-refractivity contribution in [2.45, 2.75) is 26.9 Å². The van der Waals surface area contributed by atoms with E-state index in [1.807, 2.05) is 20.8 Å². The molecular weight excluding hydrogens is 272 g/mol. The standard InChI is InChI=1S/C15H20N2O4/c1-5-20-13(9(2)3)14-16-15(21-17-14)11-7-6-10(19-4)8-12(11)18/h6-9,13,18H,5H2,1-4H3. The van der Waals surface area contributed by atoms with Gasteiger partial charge in [-0.3, -0.25) is 0 Å². The maximum absolute atomic E-state index is 10.00. The smallest absolute Gasteiger partial charge is 0.261 e. The minimum atomic E-state index is -0.229. The van der Waals surface area contributed by atoms with Crippen LogP contribution in [0.5, 0.6) is 11.5 Å². The zero-order valence-corrected chi connectivity index (χ0v) is 12.7. The summed E-state index contributed by atoms with van der Waals surface area (Å²) in [4.78, 5) is 4.33. The van der Waals surface area contributed by atoms with Gasteiger partial charge in [-0.1, -0.05) is 19.0 Å². The van der Waals surface area contributed by atoms with Crippen molar-refractivity contribution in [2.75, 3.05) is 13.7 Å². The van der Waals surface area contributed by atoms with E-state index in [9.17, 15) is 5.11 Å². The lowest BCUT2D eigenvalue weighted by Gasteiger charge is -2.16. The number of hydrogen-bond acceptors (Lipinski definition) is 6. The Bertz CT molecular complexity index is 595. The Morgan fingerprint density at radius 3 is 2.67 bits per heavy atom. The van der Waals surface area contributed by atoms with Gasteiger partial charge in [0.15, 0.2) is 0 Å². The summed E-state index contributed by atoms with van der Waals surface area (Å²) in [7, 11) is 1.54. The Labute approximate surface area is 123 Å². The van der Waals surface area contributed by atoms with E-state index in [4.69, 9.17) is 14.0 Å². The van der Waals surface area contributed by atoms with Crippen LogP contribution in [0.2, 0.25) is 0 Å². The molecule has 6 nitrogen and oxygen atoms in total. The highest BCUT2D eigenvalue weighted by Crippen LogP contribution is 2.33. The number of ether oxygens (including phenoxy) is 2. The Kier molecular flexibility index (Phi) is 4.80. The van der Waals surface area contributed by atoms with Crippen LogP contribution in [-0.4, -0.2) is 29.0 Å². The Hall–Kier alpha value is -2.08. The van der Waals surface area contributed by atoms with Gasteiger partial charge in [0.2, 0.25) is 5.82 Å². The van der Waals surface area contributed by atoms with Gasteiger partial charge in [0.1, 0.15) is 17.6 Å². The van der Waals surface area contributed by atoms with Gasteiger partial charge < -0.3 is 19.1 Å². The molecule has 0 saturated carbocycles. The first-order chi connectivity index (χ1) is 10.1. The van der Waals surface area contributed by atoms with Crippen LogP contribution in [0.25, 0.3) is 11.5 Å². The van der Waals surface area contributed by atoms with Crippen LogP contribution < -0.4 is 4.74 Å². The van der Waals surface area contributed by atoms with Gasteiger partial charge in [0.25, 0.3) is 5.89 Å². The van der Waals surface area contributed by atoms with Gasteiger partial charge in [-0.25, -0.2) is 0 Å². The van der Waals surface area contributed by atoms with Crippen LogP contribution in [0.1, 0.15) is 32.7 Å². The van der Waals surface area contributed by atoms with Crippen LogP contribution >= 0.6 is 0 Å². The highest BCUT2D eigenvalue weighted by molar-refractivity contribution is 5.63. The molecule has 0 spiro atoms. The van der Waals surface area contributed by atoms with Gasteiger partial charge in [-0.2, -0.15) is 4.98 Å². The highest BCUT2D eigenvalue weighted by atomic mass is 16.5. The van der Waals surface area contributed by atoms with E-state index >= 15 is 0 Å². The number of methoxy groups -OCH3 is 1. The quantitative estimate of drug-likeness (QED) is 0.881. The molecule has 114 valence electrons. The molecule has 0 aliphatic carbocycles. The molecule has 1 N–H and O–H groups in total. The summed E-state index contributed by atoms with van der Waals surface area (Å²) in [5.74, 6) is 1.56. The van der Waals surface area contributed by atoms with Crippen molar-refractivity contribution < 1.29 is 19.1 Å². The number of aromatic hydroxyl groups is 1. The zero-order valence-electron chi connectivity index (χ0n) is 12.7. The van der Waals surface area contributed by atoms with Crippen molar-refractivity contribution in [3.63, 3.8) is 0 Å². The molecular formula is C15H20N2O4. The van der Waals surface area contributed by atoms with E-state index in [0.717, 1.165) is 0 Å². The van der Waals surface area contributed by atoms with E-state index in [2.05, 4.69) is 10.1 Å². The topological polar surface area (TPSA) is 77.6 Å². The summed E-state index contributed by atoms with van der Waals surface area (Å²) in [6.07, 6.45) is -0.229. The molecule has 1 unspecified atom stereocenters. The lowest BCUT2D eigenvalue weighted by Crippen LogP contribution is -2.12. The van der Waals surface area contributed by atoms with E-state index in [0.29, 0.717) is 23.7 Å². The number of hydrogen-bond donors (Lipinski definition) is 1. The number of rotatable bonds is 6. The Morgan fingerprint density at radius 2 is 2.10 bits per heavy atom. The SMILES string of the molecule is CCOC(c1noc(-c2ccc(OC)cc2O)n1)C(C)C. The lowest BCUT2D eigenvalue weighted by atomic mass is 10.1. The Balaban J connectivity index is 2.31. The fourth-order valence-corrected chi connectivity index (χ4v) is 2.02. The molecule has 0 amide bonds. The fraction of sp³-hybridized carbons (Fsp3) is 0.467. The first-order valence-electron chi connectivity index (χ1n) is 6.89. The van der Waals surface area contributed by atoms with Crippen LogP contribution in [0.4, 0.5) is 0 Å². The molecule has 2 rings (SSSR count). The summed E-state index contributed by atoms with van der Waals surface area (Å²) < 4.78 is 15.9. The molecule has 21 heavy (non-hydrogen) atoms. The van der Waals surface area contributed by atoms with Gasteiger partial charge in [0.05, 0.1) is 12.7 Å². The number of phenols is 1. The summed E-state index contributed by atoms with van der Waals surface area (Å²) >= 11 is 0. The van der Waals surface area contributed by atoms with Crippen molar-refractivity contribution in [1.29, 1.82) is 0 Å². The first kappa shape index (κ1) is 15.3. The second kappa shape index (κ2) is 6.58. The highest BCUT2D eigenvalue weighted by Gasteiger charge is 2.23. The zero-order chi connectivity index (χ0) is 15.4. The summed E-state index contributed by atoms with van der Waals surface area (Å²) in [6, 6.07) is 4.90. The van der Waals surface area contributed by atoms with Gasteiger partial charge >= 0.3 is 0 Å². The molecule has 6 heteroatoms. The van der Waals surface area contributed by atoms with Crippen LogP contribution in [-0.2, 0) is 4.74 Å². The molecule has 0 aliphatic heterocycles. The molecule has 2 aromatic rings. The van der Waals surface area contributed by atoms with Gasteiger partial charge in [-0.05, 0) is 25.0 Å². The van der Waals surface area contributed by atoms with Crippen LogP contribution in [0.3, 0.4) is 0 Å².